The minimum Gasteiger partial charge on any atom is -0.486 e. The van der Waals surface area contributed by atoms with Gasteiger partial charge in [0.1, 0.15) is 17.3 Å². The van der Waals surface area contributed by atoms with Crippen molar-refractivity contribution in [2.24, 2.45) is 5.41 Å². The minimum atomic E-state index is -3.81. The van der Waals surface area contributed by atoms with Gasteiger partial charge in [-0.2, -0.15) is 19.3 Å². The van der Waals surface area contributed by atoms with Gasteiger partial charge >= 0.3 is 5.56 Å². The highest BCUT2D eigenvalue weighted by Gasteiger charge is 2.39. The lowest BCUT2D eigenvalue weighted by Gasteiger charge is -2.35. The number of nitriles is 1. The molecule has 214 valence electrons. The molecule has 14 heteroatoms. The molecule has 1 aromatic heterocycles. The zero-order chi connectivity index (χ0) is 29.4. The Bertz CT molecular complexity index is 1710. The Kier molecular flexibility index (Phi) is 7.74. The summed E-state index contributed by atoms with van der Waals surface area (Å²) in [6, 6.07) is 12.3. The van der Waals surface area contributed by atoms with E-state index in [1.165, 1.54) is 21.1 Å². The average molecular weight is 599 g/mol. The van der Waals surface area contributed by atoms with Crippen LogP contribution >= 0.6 is 11.6 Å². The Morgan fingerprint density at radius 3 is 2.54 bits per heavy atom. The molecule has 0 amide bonds. The van der Waals surface area contributed by atoms with Gasteiger partial charge < -0.3 is 9.64 Å². The largest absolute Gasteiger partial charge is 0.486 e. The van der Waals surface area contributed by atoms with Gasteiger partial charge in [0.15, 0.2) is 0 Å². The quantitative estimate of drug-likeness (QED) is 0.266. The number of halogens is 1. The van der Waals surface area contributed by atoms with E-state index in [1.807, 2.05) is 4.90 Å². The van der Waals surface area contributed by atoms with Crippen molar-refractivity contribution >= 4 is 33.0 Å². The number of piperazine rings is 1. The fourth-order valence-electron chi connectivity index (χ4n) is 4.61. The second kappa shape index (κ2) is 11.1. The third-order valence-corrected chi connectivity index (χ3v) is 9.42. The van der Waals surface area contributed by atoms with Gasteiger partial charge in [-0.05, 0) is 42.7 Å². The van der Waals surface area contributed by atoms with Crippen LogP contribution in [0.25, 0.3) is 5.69 Å². The Morgan fingerprint density at radius 2 is 1.90 bits per heavy atom. The summed E-state index contributed by atoms with van der Waals surface area (Å²) in [5, 5.41) is 25.2. The number of nitro groups is 1. The third kappa shape index (κ3) is 6.19. The maximum atomic E-state index is 13.6. The summed E-state index contributed by atoms with van der Waals surface area (Å²) in [7, 11) is -3.81. The molecule has 2 aliphatic rings. The number of hydrogen-bond donors (Lipinski definition) is 0. The first-order chi connectivity index (χ1) is 19.5. The number of nitro benzene ring substituents is 1. The van der Waals surface area contributed by atoms with Crippen LogP contribution in [0.3, 0.4) is 0 Å². The molecule has 0 spiro atoms. The van der Waals surface area contributed by atoms with Gasteiger partial charge in [0, 0.05) is 42.7 Å². The standard InChI is InChI=1S/C27H27ClN6O6S/c1-27(7-8-27)18-40-25-24(16-30-33(26(25)35)22-4-2-3-21(28)14-22)31-9-11-32(12-10-31)41(38,39)17-19-5-6-20(15-29)23(13-19)34(36)37/h2-6,13-14,16H,7-12,17-18H2,1H3. The highest BCUT2D eigenvalue weighted by Crippen LogP contribution is 2.45. The van der Waals surface area contributed by atoms with E-state index >= 15 is 0 Å². The van der Waals surface area contributed by atoms with Crippen molar-refractivity contribution in [1.82, 2.24) is 14.1 Å². The van der Waals surface area contributed by atoms with Crippen molar-refractivity contribution in [3.05, 3.63) is 85.3 Å². The van der Waals surface area contributed by atoms with Gasteiger partial charge in [-0.3, -0.25) is 14.9 Å². The summed E-state index contributed by atoms with van der Waals surface area (Å²) in [4.78, 5) is 26.0. The van der Waals surface area contributed by atoms with Crippen LogP contribution < -0.4 is 15.2 Å². The zero-order valence-corrected chi connectivity index (χ0v) is 23.8. The highest BCUT2D eigenvalue weighted by molar-refractivity contribution is 7.88. The number of hydrogen-bond acceptors (Lipinski definition) is 9. The van der Waals surface area contributed by atoms with Gasteiger partial charge in [0.05, 0.1) is 29.2 Å². The Labute approximate surface area is 241 Å². The third-order valence-electron chi connectivity index (χ3n) is 7.34. The van der Waals surface area contributed by atoms with Crippen LogP contribution in [0.5, 0.6) is 5.75 Å². The molecule has 0 bridgehead atoms. The van der Waals surface area contributed by atoms with Gasteiger partial charge in [-0.1, -0.05) is 30.7 Å². The average Bonchev–Trinajstić information content (AvgIpc) is 3.69. The van der Waals surface area contributed by atoms with E-state index in [0.717, 1.165) is 18.9 Å². The molecule has 1 aliphatic heterocycles. The minimum absolute atomic E-state index is 0.0150. The maximum absolute atomic E-state index is 13.6. The first-order valence-electron chi connectivity index (χ1n) is 12.9. The van der Waals surface area contributed by atoms with Gasteiger partial charge in [0.2, 0.25) is 15.8 Å². The van der Waals surface area contributed by atoms with Gasteiger partial charge in [0.25, 0.3) is 5.69 Å². The van der Waals surface area contributed by atoms with Crippen LogP contribution in [0.15, 0.2) is 53.5 Å². The predicted octanol–water partition coefficient (Wildman–Crippen LogP) is 3.50. The lowest BCUT2D eigenvalue weighted by Crippen LogP contribution is -2.49. The molecule has 0 N–H and O–H groups in total. The summed E-state index contributed by atoms with van der Waals surface area (Å²) < 4.78 is 35.0. The van der Waals surface area contributed by atoms with Crippen molar-refractivity contribution < 1.29 is 18.1 Å². The number of aromatic nitrogens is 2. The van der Waals surface area contributed by atoms with Crippen molar-refractivity contribution in [3.8, 4) is 17.5 Å². The fraction of sp³-hybridized carbons (Fsp3) is 0.370. The number of ether oxygens (including phenoxy) is 1. The molecule has 2 fully saturated rings. The summed E-state index contributed by atoms with van der Waals surface area (Å²) in [5.74, 6) is -0.293. The van der Waals surface area contributed by atoms with Gasteiger partial charge in [-0.25, -0.2) is 8.42 Å². The first-order valence-corrected chi connectivity index (χ1v) is 14.9. The molecule has 41 heavy (non-hydrogen) atoms. The molecular weight excluding hydrogens is 572 g/mol. The van der Waals surface area contributed by atoms with E-state index in [-0.39, 0.29) is 48.5 Å². The number of anilines is 1. The van der Waals surface area contributed by atoms with E-state index in [1.54, 1.807) is 36.5 Å². The van der Waals surface area contributed by atoms with Crippen LogP contribution in [0.4, 0.5) is 11.4 Å². The molecule has 1 saturated heterocycles. The molecule has 12 nitrogen and oxygen atoms in total. The fourth-order valence-corrected chi connectivity index (χ4v) is 6.30. The zero-order valence-electron chi connectivity index (χ0n) is 22.2. The smallest absolute Gasteiger partial charge is 0.316 e. The van der Waals surface area contributed by atoms with Gasteiger partial charge in [-0.15, -0.1) is 0 Å². The van der Waals surface area contributed by atoms with E-state index in [4.69, 9.17) is 21.6 Å². The normalized spacial score (nSPS) is 16.7. The molecule has 0 atom stereocenters. The number of sulfonamides is 1. The van der Waals surface area contributed by atoms with E-state index < -0.39 is 31.9 Å². The van der Waals surface area contributed by atoms with E-state index in [0.29, 0.717) is 23.0 Å². The van der Waals surface area contributed by atoms with Crippen molar-refractivity contribution in [1.29, 1.82) is 5.26 Å². The molecular formula is C27H27ClN6O6S. The van der Waals surface area contributed by atoms with E-state index in [9.17, 15) is 23.3 Å². The Balaban J connectivity index is 1.35. The predicted molar refractivity (Wildman–Crippen MR) is 152 cm³/mol. The van der Waals surface area contributed by atoms with Crippen LogP contribution in [0.1, 0.15) is 30.9 Å². The molecule has 3 aromatic rings. The molecule has 0 unspecified atom stereocenters. The summed E-state index contributed by atoms with van der Waals surface area (Å²) in [5.41, 5.74) is 0.207. The van der Waals surface area contributed by atoms with Crippen molar-refractivity contribution in [3.63, 3.8) is 0 Å². The summed E-state index contributed by atoms with van der Waals surface area (Å²) in [6.45, 7) is 3.30. The number of rotatable bonds is 9. The van der Waals surface area contributed by atoms with Crippen LogP contribution in [-0.2, 0) is 15.8 Å². The van der Waals surface area contributed by atoms with Crippen LogP contribution in [0, 0.1) is 26.9 Å². The van der Waals surface area contributed by atoms with Crippen molar-refractivity contribution in [2.75, 3.05) is 37.7 Å². The molecule has 2 heterocycles. The second-order valence-electron chi connectivity index (χ2n) is 10.5. The summed E-state index contributed by atoms with van der Waals surface area (Å²) in [6.07, 6.45) is 3.57. The topological polar surface area (TPSA) is 152 Å². The Morgan fingerprint density at radius 1 is 1.17 bits per heavy atom. The second-order valence-corrected chi connectivity index (χ2v) is 12.9. The maximum Gasteiger partial charge on any atom is 0.316 e. The van der Waals surface area contributed by atoms with Crippen LogP contribution in [0.2, 0.25) is 5.02 Å². The Hall–Kier alpha value is -3.99. The first kappa shape index (κ1) is 28.5. The monoisotopic (exact) mass is 598 g/mol. The summed E-state index contributed by atoms with van der Waals surface area (Å²) >= 11 is 6.13. The molecule has 1 aliphatic carbocycles. The number of nitrogens with zero attached hydrogens (tertiary/aromatic N) is 6. The SMILES string of the molecule is CC1(COc2c(N3CCN(S(=O)(=O)Cc4ccc(C#N)c([N+](=O)[O-])c4)CC3)cnn(-c3cccc(Cl)c3)c2=O)CC1. The molecule has 2 aromatic carbocycles. The molecule has 1 saturated carbocycles. The lowest BCUT2D eigenvalue weighted by atomic mass is 10.1. The van der Waals surface area contributed by atoms with Crippen molar-refractivity contribution in [2.45, 2.75) is 25.5 Å². The number of benzene rings is 2. The molecule has 0 radical (unpaired) electrons. The lowest BCUT2D eigenvalue weighted by molar-refractivity contribution is -0.385. The van der Waals surface area contributed by atoms with Crippen LogP contribution in [-0.4, -0.2) is 60.2 Å². The molecule has 5 rings (SSSR count). The van der Waals surface area contributed by atoms with E-state index in [2.05, 4.69) is 12.0 Å². The highest BCUT2D eigenvalue weighted by atomic mass is 35.5.